The monoisotopic (exact) mass is 297 g/mol. The van der Waals surface area contributed by atoms with Gasteiger partial charge in [0, 0.05) is 25.6 Å². The minimum Gasteiger partial charge on any atom is -0.342 e. The number of likely N-dealkylation sites (tertiary alicyclic amines) is 1. The van der Waals surface area contributed by atoms with E-state index in [1.54, 1.807) is 0 Å². The van der Waals surface area contributed by atoms with Crippen molar-refractivity contribution in [1.29, 1.82) is 0 Å². The molecule has 0 N–H and O–H groups in total. The summed E-state index contributed by atoms with van der Waals surface area (Å²) < 4.78 is 2.35. The van der Waals surface area contributed by atoms with E-state index in [2.05, 4.69) is 39.6 Å². The summed E-state index contributed by atoms with van der Waals surface area (Å²) in [6, 6.07) is 8.36. The molecule has 0 spiro atoms. The number of nitrogens with zero attached hydrogens (tertiary/aromatic N) is 3. The fourth-order valence-corrected chi connectivity index (χ4v) is 3.61. The Labute approximate surface area is 131 Å². The molecule has 1 amide bonds. The Morgan fingerprint density at radius 3 is 2.64 bits per heavy atom. The molecule has 2 aliphatic rings. The van der Waals surface area contributed by atoms with Crippen LogP contribution in [0.5, 0.6) is 0 Å². The van der Waals surface area contributed by atoms with Crippen molar-refractivity contribution in [2.24, 2.45) is 11.8 Å². The summed E-state index contributed by atoms with van der Waals surface area (Å²) in [4.78, 5) is 18.9. The highest BCUT2D eigenvalue weighted by atomic mass is 16.2. The highest BCUT2D eigenvalue weighted by Gasteiger charge is 2.34. The van der Waals surface area contributed by atoms with Crippen LogP contribution in [0.1, 0.15) is 31.5 Å². The van der Waals surface area contributed by atoms with Gasteiger partial charge in [0.05, 0.1) is 11.0 Å². The number of rotatable bonds is 3. The average Bonchev–Trinajstić information content (AvgIpc) is 3.34. The molecule has 2 fully saturated rings. The summed E-state index contributed by atoms with van der Waals surface area (Å²) in [6.45, 7) is 4.99. The number of hydrogen-bond acceptors (Lipinski definition) is 2. The number of aromatic nitrogens is 2. The molecule has 2 aromatic rings. The van der Waals surface area contributed by atoms with Crippen LogP contribution in [-0.2, 0) is 11.3 Å². The highest BCUT2D eigenvalue weighted by Crippen LogP contribution is 2.32. The van der Waals surface area contributed by atoms with Crippen molar-refractivity contribution >= 4 is 16.9 Å². The van der Waals surface area contributed by atoms with E-state index in [-0.39, 0.29) is 0 Å². The number of amides is 1. The Morgan fingerprint density at radius 2 is 1.91 bits per heavy atom. The molecule has 1 aliphatic heterocycles. The molecule has 4 rings (SSSR count). The molecule has 4 nitrogen and oxygen atoms in total. The van der Waals surface area contributed by atoms with Gasteiger partial charge in [0.1, 0.15) is 5.82 Å². The maximum absolute atomic E-state index is 12.1. The number of piperidine rings is 1. The minimum absolute atomic E-state index is 0.358. The lowest BCUT2D eigenvalue weighted by atomic mass is 9.96. The predicted octanol–water partition coefficient (Wildman–Crippen LogP) is 2.99. The molecule has 22 heavy (non-hydrogen) atoms. The first-order valence-corrected chi connectivity index (χ1v) is 8.43. The number of aryl methyl sites for hydroxylation is 1. The molecule has 1 aliphatic carbocycles. The van der Waals surface area contributed by atoms with Crippen molar-refractivity contribution in [2.45, 2.75) is 39.2 Å². The van der Waals surface area contributed by atoms with Crippen molar-refractivity contribution in [3.05, 3.63) is 30.1 Å². The zero-order valence-corrected chi connectivity index (χ0v) is 13.2. The minimum atomic E-state index is 0.358. The van der Waals surface area contributed by atoms with E-state index in [1.165, 1.54) is 5.52 Å². The summed E-state index contributed by atoms with van der Waals surface area (Å²) in [5, 5.41) is 0. The van der Waals surface area contributed by atoms with Crippen LogP contribution in [-0.4, -0.2) is 33.4 Å². The quantitative estimate of drug-likeness (QED) is 0.873. The maximum atomic E-state index is 12.1. The van der Waals surface area contributed by atoms with Gasteiger partial charge in [-0.1, -0.05) is 12.1 Å². The molecule has 1 saturated carbocycles. The van der Waals surface area contributed by atoms with E-state index in [0.29, 0.717) is 17.7 Å². The van der Waals surface area contributed by atoms with Crippen LogP contribution in [0.15, 0.2) is 24.3 Å². The second kappa shape index (κ2) is 5.41. The topological polar surface area (TPSA) is 38.1 Å². The van der Waals surface area contributed by atoms with E-state index in [1.807, 2.05) is 6.07 Å². The van der Waals surface area contributed by atoms with Gasteiger partial charge >= 0.3 is 0 Å². The van der Waals surface area contributed by atoms with E-state index in [4.69, 9.17) is 0 Å². The van der Waals surface area contributed by atoms with Crippen molar-refractivity contribution in [3.8, 4) is 0 Å². The second-order valence-corrected chi connectivity index (χ2v) is 6.80. The second-order valence-electron chi connectivity index (χ2n) is 6.80. The van der Waals surface area contributed by atoms with Crippen molar-refractivity contribution in [2.75, 3.05) is 13.1 Å². The van der Waals surface area contributed by atoms with Gasteiger partial charge in [-0.2, -0.15) is 0 Å². The zero-order chi connectivity index (χ0) is 15.1. The molecule has 4 heteroatoms. The highest BCUT2D eigenvalue weighted by molar-refractivity contribution is 5.81. The third kappa shape index (κ3) is 2.51. The predicted molar refractivity (Wildman–Crippen MR) is 86.5 cm³/mol. The van der Waals surface area contributed by atoms with E-state index >= 15 is 0 Å². The Balaban J connectivity index is 1.43. The molecule has 0 unspecified atom stereocenters. The number of benzene rings is 1. The Morgan fingerprint density at radius 1 is 1.18 bits per heavy atom. The van der Waals surface area contributed by atoms with E-state index in [0.717, 1.165) is 56.7 Å². The van der Waals surface area contributed by atoms with Crippen LogP contribution in [0, 0.1) is 18.8 Å². The number of carbonyl (C=O) groups excluding carboxylic acids is 1. The zero-order valence-electron chi connectivity index (χ0n) is 13.2. The maximum Gasteiger partial charge on any atom is 0.225 e. The van der Waals surface area contributed by atoms with Gasteiger partial charge < -0.3 is 9.47 Å². The van der Waals surface area contributed by atoms with Crippen molar-refractivity contribution < 1.29 is 4.79 Å². The average molecular weight is 297 g/mol. The van der Waals surface area contributed by atoms with Crippen molar-refractivity contribution in [1.82, 2.24) is 14.5 Å². The van der Waals surface area contributed by atoms with Gasteiger partial charge in [0.2, 0.25) is 5.91 Å². The molecule has 0 atom stereocenters. The Bertz CT molecular complexity index is 693. The van der Waals surface area contributed by atoms with Crippen LogP contribution >= 0.6 is 0 Å². The third-order valence-corrected chi connectivity index (χ3v) is 5.14. The standard InChI is InChI=1S/C18H23N3O/c1-13-19-16-4-2-3-5-17(16)21(13)12-14-8-10-20(11-9-14)18(22)15-6-7-15/h2-5,14-15H,6-12H2,1H3. The van der Waals surface area contributed by atoms with Crippen LogP contribution in [0.3, 0.4) is 0 Å². The number of imidazole rings is 1. The number of para-hydroxylation sites is 2. The summed E-state index contributed by atoms with van der Waals surface area (Å²) in [5.41, 5.74) is 2.32. The van der Waals surface area contributed by atoms with Crippen LogP contribution in [0.2, 0.25) is 0 Å². The van der Waals surface area contributed by atoms with Crippen LogP contribution in [0.4, 0.5) is 0 Å². The fourth-order valence-electron chi connectivity index (χ4n) is 3.61. The molecule has 2 heterocycles. The third-order valence-electron chi connectivity index (χ3n) is 5.14. The van der Waals surface area contributed by atoms with Gasteiger partial charge in [0.15, 0.2) is 0 Å². The first-order chi connectivity index (χ1) is 10.7. The number of carbonyl (C=O) groups is 1. The number of hydrogen-bond donors (Lipinski definition) is 0. The normalized spacial score (nSPS) is 19.8. The summed E-state index contributed by atoms with van der Waals surface area (Å²) in [5.74, 6) is 2.51. The Kier molecular flexibility index (Phi) is 3.40. The van der Waals surface area contributed by atoms with Gasteiger partial charge in [-0.05, 0) is 50.7 Å². The molecule has 116 valence electrons. The summed E-state index contributed by atoms with van der Waals surface area (Å²) in [6.07, 6.45) is 4.45. The molecule has 1 aromatic carbocycles. The SMILES string of the molecule is Cc1nc2ccccc2n1CC1CCN(C(=O)C2CC2)CC1. The first kappa shape index (κ1) is 13.8. The molecule has 1 saturated heterocycles. The lowest BCUT2D eigenvalue weighted by Gasteiger charge is -2.32. The molecular weight excluding hydrogens is 274 g/mol. The smallest absolute Gasteiger partial charge is 0.225 e. The molecule has 0 radical (unpaired) electrons. The molecular formula is C18H23N3O. The van der Waals surface area contributed by atoms with Gasteiger partial charge in [-0.15, -0.1) is 0 Å². The van der Waals surface area contributed by atoms with Gasteiger partial charge in [0.25, 0.3) is 0 Å². The largest absolute Gasteiger partial charge is 0.342 e. The van der Waals surface area contributed by atoms with Crippen LogP contribution < -0.4 is 0 Å². The summed E-state index contributed by atoms with van der Waals surface area (Å²) in [7, 11) is 0. The fraction of sp³-hybridized carbons (Fsp3) is 0.556. The first-order valence-electron chi connectivity index (χ1n) is 8.43. The van der Waals surface area contributed by atoms with E-state index < -0.39 is 0 Å². The lowest BCUT2D eigenvalue weighted by molar-refractivity contribution is -0.134. The lowest BCUT2D eigenvalue weighted by Crippen LogP contribution is -2.40. The molecule has 1 aromatic heterocycles. The Hall–Kier alpha value is -1.84. The van der Waals surface area contributed by atoms with Crippen LogP contribution in [0.25, 0.3) is 11.0 Å². The van der Waals surface area contributed by atoms with Crippen molar-refractivity contribution in [3.63, 3.8) is 0 Å². The molecule has 0 bridgehead atoms. The van der Waals surface area contributed by atoms with Gasteiger partial charge in [-0.25, -0.2) is 4.98 Å². The summed E-state index contributed by atoms with van der Waals surface area (Å²) >= 11 is 0. The number of fused-ring (bicyclic) bond motifs is 1. The van der Waals surface area contributed by atoms with Gasteiger partial charge in [-0.3, -0.25) is 4.79 Å². The van der Waals surface area contributed by atoms with E-state index in [9.17, 15) is 4.79 Å².